The largest absolute Gasteiger partial charge is 0.348 e. The van der Waals surface area contributed by atoms with Gasteiger partial charge in [-0.15, -0.1) is 0 Å². The number of rotatable bonds is 5. The molecule has 1 heterocycles. The van der Waals surface area contributed by atoms with E-state index in [-0.39, 0.29) is 17.4 Å². The zero-order valence-corrected chi connectivity index (χ0v) is 12.8. The summed E-state index contributed by atoms with van der Waals surface area (Å²) in [4.78, 5) is 26.0. The first-order valence-corrected chi connectivity index (χ1v) is 8.95. The molecule has 0 spiro atoms. The highest BCUT2D eigenvalue weighted by Crippen LogP contribution is 2.27. The number of carbonyl (C=O) groups excluding carboxylic acids is 1. The van der Waals surface area contributed by atoms with Gasteiger partial charge in [-0.1, -0.05) is 6.92 Å². The molecule has 0 saturated heterocycles. The van der Waals surface area contributed by atoms with Crippen LogP contribution in [0.1, 0.15) is 43.5 Å². The van der Waals surface area contributed by atoms with Crippen molar-refractivity contribution in [1.82, 2.24) is 10.3 Å². The standard InChI is InChI=1S/C14H20N2O4S/c1-2-8-21(19,20)9-14(18)16-12-5-3-4-11-10(12)6-7-13(17)15-11/h6-7,12H,2-5,8-9H2,1H3,(H,15,17)(H,16,18). The number of aryl methyl sites for hydroxylation is 1. The fourth-order valence-corrected chi connectivity index (χ4v) is 3.92. The van der Waals surface area contributed by atoms with Crippen LogP contribution in [-0.4, -0.2) is 30.8 Å². The van der Waals surface area contributed by atoms with Crippen LogP contribution in [0.5, 0.6) is 0 Å². The highest BCUT2D eigenvalue weighted by Gasteiger charge is 2.24. The van der Waals surface area contributed by atoms with E-state index < -0.39 is 21.5 Å². The van der Waals surface area contributed by atoms with Crippen molar-refractivity contribution in [1.29, 1.82) is 0 Å². The van der Waals surface area contributed by atoms with E-state index in [1.807, 2.05) is 0 Å². The molecule has 0 bridgehead atoms. The molecule has 1 aliphatic rings. The summed E-state index contributed by atoms with van der Waals surface area (Å²) < 4.78 is 23.3. The molecule has 0 radical (unpaired) electrons. The number of nitrogens with one attached hydrogen (secondary N) is 2. The van der Waals surface area contributed by atoms with Crippen LogP contribution < -0.4 is 10.9 Å². The van der Waals surface area contributed by atoms with Crippen LogP contribution in [0.3, 0.4) is 0 Å². The number of sulfone groups is 1. The average molecular weight is 312 g/mol. The Hall–Kier alpha value is -1.63. The molecule has 1 atom stereocenters. The smallest absolute Gasteiger partial charge is 0.248 e. The Morgan fingerprint density at radius 2 is 2.19 bits per heavy atom. The zero-order valence-electron chi connectivity index (χ0n) is 12.0. The first-order chi connectivity index (χ1) is 9.91. The third kappa shape index (κ3) is 4.17. The number of fused-ring (bicyclic) bond motifs is 1. The topological polar surface area (TPSA) is 96.1 Å². The first kappa shape index (κ1) is 15.8. The lowest BCUT2D eigenvalue weighted by Crippen LogP contribution is -2.36. The molecule has 2 N–H and O–H groups in total. The molecule has 7 heteroatoms. The molecule has 0 aliphatic heterocycles. The summed E-state index contributed by atoms with van der Waals surface area (Å²) >= 11 is 0. The van der Waals surface area contributed by atoms with Crippen LogP contribution in [0.2, 0.25) is 0 Å². The van der Waals surface area contributed by atoms with Crippen LogP contribution in [-0.2, 0) is 21.1 Å². The van der Waals surface area contributed by atoms with Crippen molar-refractivity contribution < 1.29 is 13.2 Å². The minimum Gasteiger partial charge on any atom is -0.348 e. The minimum absolute atomic E-state index is 0.0228. The van der Waals surface area contributed by atoms with Crippen molar-refractivity contribution in [3.63, 3.8) is 0 Å². The maximum Gasteiger partial charge on any atom is 0.248 e. The summed E-state index contributed by atoms with van der Waals surface area (Å²) in [5, 5.41) is 2.77. The highest BCUT2D eigenvalue weighted by molar-refractivity contribution is 7.92. The van der Waals surface area contributed by atoms with Gasteiger partial charge in [-0.25, -0.2) is 8.42 Å². The molecule has 1 amide bonds. The molecular formula is C14H20N2O4S. The van der Waals surface area contributed by atoms with Gasteiger partial charge in [-0.05, 0) is 37.3 Å². The van der Waals surface area contributed by atoms with E-state index in [1.54, 1.807) is 13.0 Å². The molecule has 6 nitrogen and oxygen atoms in total. The molecule has 116 valence electrons. The molecular weight excluding hydrogens is 292 g/mol. The fourth-order valence-electron chi connectivity index (χ4n) is 2.67. The van der Waals surface area contributed by atoms with E-state index in [1.165, 1.54) is 6.07 Å². The lowest BCUT2D eigenvalue weighted by Gasteiger charge is -2.25. The lowest BCUT2D eigenvalue weighted by molar-refractivity contribution is -0.119. The van der Waals surface area contributed by atoms with Crippen molar-refractivity contribution >= 4 is 15.7 Å². The molecule has 0 aromatic carbocycles. The summed E-state index contributed by atoms with van der Waals surface area (Å²) in [6.45, 7) is 1.77. The SMILES string of the molecule is CCCS(=O)(=O)CC(=O)NC1CCCc2[nH]c(=O)ccc21. The van der Waals surface area contributed by atoms with E-state index in [9.17, 15) is 18.0 Å². The number of pyridine rings is 1. The molecule has 1 unspecified atom stereocenters. The summed E-state index contributed by atoms with van der Waals surface area (Å²) in [5.41, 5.74) is 1.55. The molecule has 2 rings (SSSR count). The molecule has 1 aromatic heterocycles. The van der Waals surface area contributed by atoms with Gasteiger partial charge in [-0.3, -0.25) is 9.59 Å². The van der Waals surface area contributed by atoms with Gasteiger partial charge in [0, 0.05) is 11.8 Å². The van der Waals surface area contributed by atoms with Gasteiger partial charge in [0.25, 0.3) is 0 Å². The molecule has 21 heavy (non-hydrogen) atoms. The Morgan fingerprint density at radius 1 is 1.43 bits per heavy atom. The van der Waals surface area contributed by atoms with Crippen LogP contribution in [0.4, 0.5) is 0 Å². The van der Waals surface area contributed by atoms with E-state index in [0.717, 1.165) is 30.5 Å². The van der Waals surface area contributed by atoms with Crippen LogP contribution in [0, 0.1) is 0 Å². The average Bonchev–Trinajstić information content (AvgIpc) is 2.37. The summed E-state index contributed by atoms with van der Waals surface area (Å²) in [5.74, 6) is -0.933. The number of hydrogen-bond donors (Lipinski definition) is 2. The lowest BCUT2D eigenvalue weighted by atomic mass is 9.91. The Morgan fingerprint density at radius 3 is 2.90 bits per heavy atom. The minimum atomic E-state index is -3.34. The van der Waals surface area contributed by atoms with Crippen molar-refractivity contribution in [2.75, 3.05) is 11.5 Å². The summed E-state index contributed by atoms with van der Waals surface area (Å²) in [7, 11) is -3.34. The number of carbonyl (C=O) groups is 1. The Bertz CT molecular complexity index is 678. The van der Waals surface area contributed by atoms with Crippen LogP contribution >= 0.6 is 0 Å². The molecule has 1 aromatic rings. The highest BCUT2D eigenvalue weighted by atomic mass is 32.2. The first-order valence-electron chi connectivity index (χ1n) is 7.13. The van der Waals surface area contributed by atoms with E-state index in [4.69, 9.17) is 0 Å². The number of H-pyrrole nitrogens is 1. The molecule has 1 aliphatic carbocycles. The van der Waals surface area contributed by atoms with Crippen molar-refractivity contribution in [2.45, 2.75) is 38.6 Å². The van der Waals surface area contributed by atoms with Gasteiger partial charge in [0.2, 0.25) is 11.5 Å². The number of aromatic amines is 1. The van der Waals surface area contributed by atoms with Crippen molar-refractivity contribution in [2.24, 2.45) is 0 Å². The maximum absolute atomic E-state index is 11.9. The maximum atomic E-state index is 11.9. The van der Waals surface area contributed by atoms with Crippen molar-refractivity contribution in [3.05, 3.63) is 33.7 Å². The van der Waals surface area contributed by atoms with Crippen LogP contribution in [0.15, 0.2) is 16.9 Å². The normalized spacial score (nSPS) is 18.0. The monoisotopic (exact) mass is 312 g/mol. The second-order valence-electron chi connectivity index (χ2n) is 5.36. The third-order valence-corrected chi connectivity index (χ3v) is 5.27. The molecule has 0 saturated carbocycles. The number of amides is 1. The second kappa shape index (κ2) is 6.43. The third-order valence-electron chi connectivity index (χ3n) is 3.53. The Balaban J connectivity index is 2.08. The van der Waals surface area contributed by atoms with E-state index in [0.29, 0.717) is 6.42 Å². The van der Waals surface area contributed by atoms with Gasteiger partial charge in [0.1, 0.15) is 5.75 Å². The van der Waals surface area contributed by atoms with Crippen LogP contribution in [0.25, 0.3) is 0 Å². The van der Waals surface area contributed by atoms with Gasteiger partial charge in [-0.2, -0.15) is 0 Å². The molecule has 0 fully saturated rings. The van der Waals surface area contributed by atoms with Crippen molar-refractivity contribution in [3.8, 4) is 0 Å². The predicted octanol–water partition coefficient (Wildman–Crippen LogP) is 0.693. The fraction of sp³-hybridized carbons (Fsp3) is 0.571. The number of hydrogen-bond acceptors (Lipinski definition) is 4. The van der Waals surface area contributed by atoms with E-state index >= 15 is 0 Å². The van der Waals surface area contributed by atoms with Gasteiger partial charge in [0.15, 0.2) is 9.84 Å². The Labute approximate surface area is 123 Å². The second-order valence-corrected chi connectivity index (χ2v) is 7.54. The van der Waals surface area contributed by atoms with E-state index in [2.05, 4.69) is 10.3 Å². The van der Waals surface area contributed by atoms with Gasteiger partial charge >= 0.3 is 0 Å². The predicted molar refractivity (Wildman–Crippen MR) is 79.8 cm³/mol. The zero-order chi connectivity index (χ0) is 15.5. The Kier molecular flexibility index (Phi) is 4.82. The summed E-state index contributed by atoms with van der Waals surface area (Å²) in [6.07, 6.45) is 2.87. The summed E-state index contributed by atoms with van der Waals surface area (Å²) in [6, 6.07) is 2.91. The quantitative estimate of drug-likeness (QED) is 0.836. The number of aromatic nitrogens is 1. The van der Waals surface area contributed by atoms with Gasteiger partial charge in [0.05, 0.1) is 11.8 Å². The van der Waals surface area contributed by atoms with Gasteiger partial charge < -0.3 is 10.3 Å².